The Labute approximate surface area is 113 Å². The zero-order valence-electron chi connectivity index (χ0n) is 11.1. The van der Waals surface area contributed by atoms with Crippen LogP contribution in [0.15, 0.2) is 18.2 Å². The normalized spacial score (nSPS) is 17.5. The highest BCUT2D eigenvalue weighted by atomic mass is 16.3. The van der Waals surface area contributed by atoms with E-state index in [2.05, 4.69) is 4.90 Å². The third-order valence-electron chi connectivity index (χ3n) is 3.77. The van der Waals surface area contributed by atoms with Crippen molar-refractivity contribution < 1.29 is 15.0 Å². The van der Waals surface area contributed by atoms with Crippen LogP contribution in [0.2, 0.25) is 0 Å². The number of carbonyl (C=O) groups excluding carboxylic acids is 1. The van der Waals surface area contributed by atoms with Gasteiger partial charge in [0.05, 0.1) is 6.04 Å². The maximum Gasteiger partial charge on any atom is 0.157 e. The predicted molar refractivity (Wildman–Crippen MR) is 73.4 cm³/mol. The first kappa shape index (κ1) is 13.9. The zero-order chi connectivity index (χ0) is 13.7. The summed E-state index contributed by atoms with van der Waals surface area (Å²) in [4.78, 5) is 13.4. The van der Waals surface area contributed by atoms with E-state index in [4.69, 9.17) is 0 Å². The van der Waals surface area contributed by atoms with Crippen LogP contribution in [-0.4, -0.2) is 40.5 Å². The van der Waals surface area contributed by atoms with E-state index in [0.717, 1.165) is 44.2 Å². The summed E-state index contributed by atoms with van der Waals surface area (Å²) in [6.45, 7) is 2.06. The largest absolute Gasteiger partial charge is 0.504 e. The van der Waals surface area contributed by atoms with Gasteiger partial charge in [-0.25, -0.2) is 0 Å². The van der Waals surface area contributed by atoms with E-state index in [1.165, 1.54) is 18.9 Å². The molecule has 0 radical (unpaired) electrons. The van der Waals surface area contributed by atoms with Gasteiger partial charge in [0.2, 0.25) is 0 Å². The minimum Gasteiger partial charge on any atom is -0.504 e. The number of nitrogens with zero attached hydrogens (tertiary/aromatic N) is 1. The minimum absolute atomic E-state index is 0.0354. The Balaban J connectivity index is 1.81. The Kier molecular flexibility index (Phi) is 4.80. The molecule has 104 valence electrons. The molecule has 19 heavy (non-hydrogen) atoms. The number of rotatable bonds is 6. The molecule has 0 saturated carbocycles. The number of benzene rings is 1. The van der Waals surface area contributed by atoms with Crippen LogP contribution in [0.1, 0.15) is 31.2 Å². The average Bonchev–Trinajstić information content (AvgIpc) is 2.92. The molecule has 0 bridgehead atoms. The fraction of sp³-hybridized carbons (Fsp3) is 0.533. The Morgan fingerprint density at radius 2 is 1.95 bits per heavy atom. The molecule has 1 atom stereocenters. The minimum atomic E-state index is -0.0911. The Bertz CT molecular complexity index is 427. The lowest BCUT2D eigenvalue weighted by molar-refractivity contribution is -0.112. The first-order chi connectivity index (χ1) is 9.20. The van der Waals surface area contributed by atoms with Gasteiger partial charge in [0.15, 0.2) is 11.5 Å². The molecule has 1 saturated heterocycles. The molecule has 1 aromatic rings. The first-order valence-corrected chi connectivity index (χ1v) is 6.91. The van der Waals surface area contributed by atoms with Crippen LogP contribution < -0.4 is 0 Å². The maximum absolute atomic E-state index is 11.1. The SMILES string of the molecule is O=CC(CCCc1ccc(O)c(O)c1)N1CCCC1. The molecule has 1 unspecified atom stereocenters. The van der Waals surface area contributed by atoms with Crippen molar-refractivity contribution in [2.75, 3.05) is 13.1 Å². The number of phenols is 2. The fourth-order valence-corrected chi connectivity index (χ4v) is 2.65. The standard InChI is InChI=1S/C15H21NO3/c17-11-13(16-8-1-2-9-16)5-3-4-12-6-7-14(18)15(19)10-12/h6-7,10-11,13,18-19H,1-5,8-9H2. The summed E-state index contributed by atoms with van der Waals surface area (Å²) < 4.78 is 0. The van der Waals surface area contributed by atoms with Gasteiger partial charge in [-0.05, 0) is 62.9 Å². The van der Waals surface area contributed by atoms with Crippen LogP contribution in [0.3, 0.4) is 0 Å². The number of aryl methyl sites for hydroxylation is 1. The third kappa shape index (κ3) is 3.70. The van der Waals surface area contributed by atoms with Crippen LogP contribution in [-0.2, 0) is 11.2 Å². The molecule has 0 spiro atoms. The quantitative estimate of drug-likeness (QED) is 0.609. The highest BCUT2D eigenvalue weighted by molar-refractivity contribution is 5.57. The molecule has 2 N–H and O–H groups in total. The molecule has 1 fully saturated rings. The monoisotopic (exact) mass is 263 g/mol. The smallest absolute Gasteiger partial charge is 0.157 e. The molecule has 0 aromatic heterocycles. The van der Waals surface area contributed by atoms with E-state index >= 15 is 0 Å². The van der Waals surface area contributed by atoms with E-state index < -0.39 is 0 Å². The number of aromatic hydroxyl groups is 2. The van der Waals surface area contributed by atoms with Gasteiger partial charge in [0.1, 0.15) is 6.29 Å². The van der Waals surface area contributed by atoms with E-state index in [1.807, 2.05) is 0 Å². The van der Waals surface area contributed by atoms with Crippen LogP contribution in [0.25, 0.3) is 0 Å². The van der Waals surface area contributed by atoms with Crippen molar-refractivity contribution in [1.82, 2.24) is 4.90 Å². The van der Waals surface area contributed by atoms with Crippen LogP contribution >= 0.6 is 0 Å². The number of likely N-dealkylation sites (tertiary alicyclic amines) is 1. The molecular weight excluding hydrogens is 242 g/mol. The molecular formula is C15H21NO3. The van der Waals surface area contributed by atoms with Crippen molar-refractivity contribution in [1.29, 1.82) is 0 Å². The zero-order valence-corrected chi connectivity index (χ0v) is 11.1. The summed E-state index contributed by atoms with van der Waals surface area (Å²) in [5.41, 5.74) is 0.987. The summed E-state index contributed by atoms with van der Waals surface area (Å²) in [6, 6.07) is 4.93. The van der Waals surface area contributed by atoms with Crippen molar-refractivity contribution in [3.8, 4) is 11.5 Å². The van der Waals surface area contributed by atoms with Crippen LogP contribution in [0, 0.1) is 0 Å². The number of hydrogen-bond acceptors (Lipinski definition) is 4. The van der Waals surface area contributed by atoms with Crippen molar-refractivity contribution in [2.45, 2.75) is 38.1 Å². The highest BCUT2D eigenvalue weighted by Crippen LogP contribution is 2.25. The van der Waals surface area contributed by atoms with Gasteiger partial charge in [0.25, 0.3) is 0 Å². The summed E-state index contributed by atoms with van der Waals surface area (Å²) in [7, 11) is 0. The van der Waals surface area contributed by atoms with Gasteiger partial charge in [0, 0.05) is 0 Å². The summed E-state index contributed by atoms with van der Waals surface area (Å²) in [6.07, 6.45) is 6.01. The number of aldehydes is 1. The number of phenolic OH excluding ortho intramolecular Hbond substituents is 2. The predicted octanol–water partition coefficient (Wildman–Crippen LogP) is 2.08. The van der Waals surface area contributed by atoms with Gasteiger partial charge < -0.3 is 15.0 Å². The van der Waals surface area contributed by atoms with Crippen LogP contribution in [0.5, 0.6) is 11.5 Å². The molecule has 1 aromatic carbocycles. The van der Waals surface area contributed by atoms with Crippen LogP contribution in [0.4, 0.5) is 0 Å². The van der Waals surface area contributed by atoms with Gasteiger partial charge in [-0.1, -0.05) is 6.07 Å². The molecule has 0 amide bonds. The van der Waals surface area contributed by atoms with Crippen molar-refractivity contribution >= 4 is 6.29 Å². The van der Waals surface area contributed by atoms with Gasteiger partial charge in [-0.2, -0.15) is 0 Å². The molecule has 4 heteroatoms. The van der Waals surface area contributed by atoms with E-state index in [1.54, 1.807) is 12.1 Å². The second-order valence-corrected chi connectivity index (χ2v) is 5.16. The molecule has 1 aliphatic rings. The Morgan fingerprint density at radius 1 is 1.21 bits per heavy atom. The molecule has 1 heterocycles. The van der Waals surface area contributed by atoms with Crippen molar-refractivity contribution in [3.63, 3.8) is 0 Å². The molecule has 0 aliphatic carbocycles. The number of carbonyl (C=O) groups is 1. The molecule has 2 rings (SSSR count). The summed E-state index contributed by atoms with van der Waals surface area (Å²) >= 11 is 0. The van der Waals surface area contributed by atoms with Gasteiger partial charge in [-0.15, -0.1) is 0 Å². The average molecular weight is 263 g/mol. The lowest BCUT2D eigenvalue weighted by Crippen LogP contribution is -2.33. The summed E-state index contributed by atoms with van der Waals surface area (Å²) in [5.74, 6) is -0.171. The number of hydrogen-bond donors (Lipinski definition) is 2. The maximum atomic E-state index is 11.1. The first-order valence-electron chi connectivity index (χ1n) is 6.91. The summed E-state index contributed by atoms with van der Waals surface area (Å²) in [5, 5.41) is 18.6. The Morgan fingerprint density at radius 3 is 2.58 bits per heavy atom. The molecule has 1 aliphatic heterocycles. The van der Waals surface area contributed by atoms with Gasteiger partial charge in [-0.3, -0.25) is 4.90 Å². The molecule has 4 nitrogen and oxygen atoms in total. The van der Waals surface area contributed by atoms with Crippen molar-refractivity contribution in [3.05, 3.63) is 23.8 Å². The second-order valence-electron chi connectivity index (χ2n) is 5.16. The Hall–Kier alpha value is -1.55. The second kappa shape index (κ2) is 6.57. The topological polar surface area (TPSA) is 60.8 Å². The van der Waals surface area contributed by atoms with Gasteiger partial charge >= 0.3 is 0 Å². The van der Waals surface area contributed by atoms with E-state index in [-0.39, 0.29) is 17.5 Å². The van der Waals surface area contributed by atoms with Crippen molar-refractivity contribution in [2.24, 2.45) is 0 Å². The highest BCUT2D eigenvalue weighted by Gasteiger charge is 2.20. The van der Waals surface area contributed by atoms with E-state index in [0.29, 0.717) is 0 Å². The lowest BCUT2D eigenvalue weighted by atomic mass is 10.0. The third-order valence-corrected chi connectivity index (χ3v) is 3.77. The fourth-order valence-electron chi connectivity index (χ4n) is 2.65. The van der Waals surface area contributed by atoms with E-state index in [9.17, 15) is 15.0 Å². The lowest BCUT2D eigenvalue weighted by Gasteiger charge is -2.22.